The molecule has 4 nitrogen and oxygen atoms in total. The van der Waals surface area contributed by atoms with Crippen LogP contribution in [0.5, 0.6) is 0 Å². The van der Waals surface area contributed by atoms with Crippen LogP contribution in [-0.2, 0) is 4.79 Å². The lowest BCUT2D eigenvalue weighted by Gasteiger charge is -2.14. The summed E-state index contributed by atoms with van der Waals surface area (Å²) in [6.07, 6.45) is 3.18. The second-order valence-electron chi connectivity index (χ2n) is 2.54. The van der Waals surface area contributed by atoms with Crippen LogP contribution in [0.3, 0.4) is 0 Å². The molecule has 64 valence electrons. The van der Waals surface area contributed by atoms with E-state index < -0.39 is 0 Å². The largest absolute Gasteiger partial charge is 0.299 e. The Morgan fingerprint density at radius 2 is 2.00 bits per heavy atom. The van der Waals surface area contributed by atoms with E-state index in [1.54, 1.807) is 19.4 Å². The quantitative estimate of drug-likeness (QED) is 0.617. The van der Waals surface area contributed by atoms with Crippen molar-refractivity contribution in [3.05, 3.63) is 18.1 Å². The lowest BCUT2D eigenvalue weighted by Crippen LogP contribution is -2.24. The molecule has 1 amide bonds. The molecule has 0 saturated heterocycles. The summed E-state index contributed by atoms with van der Waals surface area (Å²) in [5.74, 6) is 0.573. The molecule has 0 atom stereocenters. The Hall–Kier alpha value is -1.45. The van der Waals surface area contributed by atoms with Crippen molar-refractivity contribution < 1.29 is 4.79 Å². The molecule has 0 bridgehead atoms. The van der Waals surface area contributed by atoms with Crippen LogP contribution in [0.4, 0.5) is 5.82 Å². The lowest BCUT2D eigenvalue weighted by atomic mass is 10.4. The van der Waals surface area contributed by atoms with E-state index in [0.717, 1.165) is 5.69 Å². The topological polar surface area (TPSA) is 46.1 Å². The third kappa shape index (κ3) is 1.58. The molecular weight excluding hydrogens is 154 g/mol. The van der Waals surface area contributed by atoms with Crippen LogP contribution >= 0.6 is 0 Å². The Labute approximate surface area is 71.3 Å². The minimum Gasteiger partial charge on any atom is -0.299 e. The zero-order valence-corrected chi connectivity index (χ0v) is 7.40. The zero-order valence-electron chi connectivity index (χ0n) is 7.40. The molecule has 12 heavy (non-hydrogen) atoms. The van der Waals surface area contributed by atoms with E-state index in [2.05, 4.69) is 9.97 Å². The van der Waals surface area contributed by atoms with Crippen molar-refractivity contribution in [2.75, 3.05) is 11.9 Å². The van der Waals surface area contributed by atoms with Gasteiger partial charge in [-0.15, -0.1) is 0 Å². The molecule has 0 aliphatic carbocycles. The van der Waals surface area contributed by atoms with Gasteiger partial charge in [-0.2, -0.15) is 0 Å². The number of hydrogen-bond donors (Lipinski definition) is 0. The molecule has 0 aromatic carbocycles. The molecule has 1 aromatic rings. The Balaban J connectivity index is 3.02. The van der Waals surface area contributed by atoms with Gasteiger partial charge in [-0.25, -0.2) is 4.98 Å². The fourth-order valence-corrected chi connectivity index (χ4v) is 0.879. The predicted octanol–water partition coefficient (Wildman–Crippen LogP) is 0.768. The van der Waals surface area contributed by atoms with Crippen LogP contribution in [0, 0.1) is 6.92 Å². The highest BCUT2D eigenvalue weighted by Gasteiger charge is 2.09. The van der Waals surface area contributed by atoms with Crippen LogP contribution in [0.1, 0.15) is 12.6 Å². The van der Waals surface area contributed by atoms with E-state index in [0.29, 0.717) is 5.82 Å². The van der Waals surface area contributed by atoms with Crippen molar-refractivity contribution in [2.45, 2.75) is 13.8 Å². The molecular formula is C8H11N3O. The number of carbonyl (C=O) groups excluding carboxylic acids is 1. The number of hydrogen-bond acceptors (Lipinski definition) is 3. The fourth-order valence-electron chi connectivity index (χ4n) is 0.879. The number of rotatable bonds is 1. The van der Waals surface area contributed by atoms with Crippen molar-refractivity contribution in [3.8, 4) is 0 Å². The highest BCUT2D eigenvalue weighted by atomic mass is 16.2. The highest BCUT2D eigenvalue weighted by Crippen LogP contribution is 2.10. The summed E-state index contributed by atoms with van der Waals surface area (Å²) in [6, 6.07) is 0. The average molecular weight is 165 g/mol. The number of anilines is 1. The Kier molecular flexibility index (Phi) is 2.38. The highest BCUT2D eigenvalue weighted by molar-refractivity contribution is 5.90. The fraction of sp³-hybridized carbons (Fsp3) is 0.375. The number of nitrogens with zero attached hydrogens (tertiary/aromatic N) is 3. The Bertz CT molecular complexity index is 298. The second kappa shape index (κ2) is 3.30. The van der Waals surface area contributed by atoms with Gasteiger partial charge in [0.15, 0.2) is 5.82 Å². The molecule has 0 spiro atoms. The number of carbonyl (C=O) groups is 1. The van der Waals surface area contributed by atoms with E-state index in [1.807, 2.05) is 6.92 Å². The SMILES string of the molecule is CC(=O)N(C)c1nccnc1C. The average Bonchev–Trinajstić information content (AvgIpc) is 2.04. The van der Waals surface area contributed by atoms with Gasteiger partial charge >= 0.3 is 0 Å². The first-order valence-electron chi connectivity index (χ1n) is 3.65. The maximum atomic E-state index is 11.0. The summed E-state index contributed by atoms with van der Waals surface area (Å²) in [5.41, 5.74) is 0.759. The molecule has 0 unspecified atom stereocenters. The molecule has 0 saturated carbocycles. The van der Waals surface area contributed by atoms with Crippen LogP contribution in [0.15, 0.2) is 12.4 Å². The summed E-state index contributed by atoms with van der Waals surface area (Å²) < 4.78 is 0. The van der Waals surface area contributed by atoms with Gasteiger partial charge in [0.05, 0.1) is 5.69 Å². The molecule has 1 aromatic heterocycles. The molecule has 0 radical (unpaired) electrons. The standard InChI is InChI=1S/C8H11N3O/c1-6-8(10-5-4-9-6)11(3)7(2)12/h4-5H,1-3H3. The smallest absolute Gasteiger partial charge is 0.224 e. The van der Waals surface area contributed by atoms with Gasteiger partial charge in [-0.05, 0) is 6.92 Å². The summed E-state index contributed by atoms with van der Waals surface area (Å²) >= 11 is 0. The van der Waals surface area contributed by atoms with Crippen molar-refractivity contribution in [3.63, 3.8) is 0 Å². The number of amides is 1. The van der Waals surface area contributed by atoms with Gasteiger partial charge in [-0.3, -0.25) is 14.7 Å². The minimum absolute atomic E-state index is 0.0430. The summed E-state index contributed by atoms with van der Waals surface area (Å²) in [4.78, 5) is 20.5. The molecule has 1 heterocycles. The molecule has 0 fully saturated rings. The van der Waals surface area contributed by atoms with Gasteiger partial charge in [0.1, 0.15) is 0 Å². The maximum Gasteiger partial charge on any atom is 0.224 e. The van der Waals surface area contributed by atoms with E-state index >= 15 is 0 Å². The normalized spacial score (nSPS) is 9.58. The zero-order chi connectivity index (χ0) is 9.14. The van der Waals surface area contributed by atoms with Gasteiger partial charge < -0.3 is 0 Å². The van der Waals surface area contributed by atoms with Crippen molar-refractivity contribution in [1.82, 2.24) is 9.97 Å². The van der Waals surface area contributed by atoms with Crippen LogP contribution in [0.25, 0.3) is 0 Å². The number of aromatic nitrogens is 2. The third-order valence-electron chi connectivity index (χ3n) is 1.65. The van der Waals surface area contributed by atoms with Crippen molar-refractivity contribution >= 4 is 11.7 Å². The van der Waals surface area contributed by atoms with Gasteiger partial charge in [-0.1, -0.05) is 0 Å². The Morgan fingerprint density at radius 1 is 1.42 bits per heavy atom. The Morgan fingerprint density at radius 3 is 2.50 bits per heavy atom. The molecule has 4 heteroatoms. The van der Waals surface area contributed by atoms with Crippen molar-refractivity contribution in [2.24, 2.45) is 0 Å². The van der Waals surface area contributed by atoms with Gasteiger partial charge in [0, 0.05) is 26.4 Å². The van der Waals surface area contributed by atoms with E-state index in [4.69, 9.17) is 0 Å². The maximum absolute atomic E-state index is 11.0. The van der Waals surface area contributed by atoms with Gasteiger partial charge in [0.2, 0.25) is 5.91 Å². The minimum atomic E-state index is -0.0430. The summed E-state index contributed by atoms with van der Waals surface area (Å²) in [6.45, 7) is 3.32. The van der Waals surface area contributed by atoms with Gasteiger partial charge in [0.25, 0.3) is 0 Å². The van der Waals surface area contributed by atoms with E-state index in [-0.39, 0.29) is 5.91 Å². The molecule has 0 aliphatic rings. The van der Waals surface area contributed by atoms with Crippen LogP contribution < -0.4 is 4.90 Å². The van der Waals surface area contributed by atoms with Crippen LogP contribution in [0.2, 0.25) is 0 Å². The second-order valence-corrected chi connectivity index (χ2v) is 2.54. The van der Waals surface area contributed by atoms with Crippen molar-refractivity contribution in [1.29, 1.82) is 0 Å². The first kappa shape index (κ1) is 8.64. The lowest BCUT2D eigenvalue weighted by molar-refractivity contribution is -0.116. The van der Waals surface area contributed by atoms with E-state index in [1.165, 1.54) is 11.8 Å². The monoisotopic (exact) mass is 165 g/mol. The summed E-state index contributed by atoms with van der Waals surface area (Å²) in [7, 11) is 1.68. The summed E-state index contributed by atoms with van der Waals surface area (Å²) in [5, 5.41) is 0. The predicted molar refractivity (Wildman–Crippen MR) is 45.9 cm³/mol. The first-order valence-corrected chi connectivity index (χ1v) is 3.65. The number of aryl methyl sites for hydroxylation is 1. The van der Waals surface area contributed by atoms with Crippen LogP contribution in [-0.4, -0.2) is 22.9 Å². The molecule has 0 aliphatic heterocycles. The molecule has 0 N–H and O–H groups in total. The molecule has 1 rings (SSSR count). The van der Waals surface area contributed by atoms with E-state index in [9.17, 15) is 4.79 Å². The first-order chi connectivity index (χ1) is 5.63. The third-order valence-corrected chi connectivity index (χ3v) is 1.65.